The first-order valence-electron chi connectivity index (χ1n) is 9.30. The van der Waals surface area contributed by atoms with Crippen molar-refractivity contribution >= 4 is 5.96 Å². The number of nitrogens with zero attached hydrogens (tertiary/aromatic N) is 1. The zero-order valence-corrected chi connectivity index (χ0v) is 16.9. The van der Waals surface area contributed by atoms with Crippen LogP contribution in [0.5, 0.6) is 5.75 Å². The third-order valence-electron chi connectivity index (χ3n) is 4.35. The number of hydrogen-bond acceptors (Lipinski definition) is 4. The molecule has 2 rings (SSSR count). The predicted molar refractivity (Wildman–Crippen MR) is 108 cm³/mol. The van der Waals surface area contributed by atoms with Crippen LogP contribution < -0.4 is 15.4 Å². The van der Waals surface area contributed by atoms with Gasteiger partial charge in [-0.05, 0) is 57.9 Å². The minimum Gasteiger partial charge on any atom is -0.497 e. The molecule has 0 fully saturated rings. The number of benzene rings is 1. The Bertz CT molecular complexity index is 766. The summed E-state index contributed by atoms with van der Waals surface area (Å²) in [6.45, 7) is 9.22. The van der Waals surface area contributed by atoms with Crippen LogP contribution in [0.25, 0.3) is 0 Å². The van der Waals surface area contributed by atoms with Crippen molar-refractivity contribution in [2.24, 2.45) is 4.99 Å². The number of ether oxygens (including phenoxy) is 1. The molecule has 3 N–H and O–H groups in total. The van der Waals surface area contributed by atoms with Gasteiger partial charge in [-0.1, -0.05) is 12.1 Å². The van der Waals surface area contributed by atoms with Gasteiger partial charge in [-0.3, -0.25) is 0 Å². The number of aryl methyl sites for hydroxylation is 2. The fourth-order valence-electron chi connectivity index (χ4n) is 2.98. The molecular weight excluding hydrogens is 342 g/mol. The Labute approximate surface area is 161 Å². The van der Waals surface area contributed by atoms with Crippen molar-refractivity contribution in [2.75, 3.05) is 26.7 Å². The number of furan rings is 1. The molecule has 0 saturated heterocycles. The highest BCUT2D eigenvalue weighted by Crippen LogP contribution is 2.27. The van der Waals surface area contributed by atoms with Crippen LogP contribution in [-0.4, -0.2) is 37.8 Å². The van der Waals surface area contributed by atoms with Crippen molar-refractivity contribution < 1.29 is 14.3 Å². The summed E-state index contributed by atoms with van der Waals surface area (Å²) in [6, 6.07) is 9.89. The van der Waals surface area contributed by atoms with Gasteiger partial charge < -0.3 is 24.9 Å². The fourth-order valence-corrected chi connectivity index (χ4v) is 2.98. The molecule has 1 aromatic carbocycles. The first kappa shape index (κ1) is 20.8. The van der Waals surface area contributed by atoms with Gasteiger partial charge >= 0.3 is 0 Å². The number of hydrogen-bond donors (Lipinski definition) is 3. The minimum atomic E-state index is -1.09. The van der Waals surface area contributed by atoms with E-state index in [2.05, 4.69) is 21.7 Å². The van der Waals surface area contributed by atoms with Gasteiger partial charge in [-0.15, -0.1) is 0 Å². The molecule has 27 heavy (non-hydrogen) atoms. The monoisotopic (exact) mass is 373 g/mol. The SMILES string of the molecule is CCNC(=NCC(C)(O)c1cc(C)oc1C)NCCc1cccc(OC)c1. The number of aliphatic hydroxyl groups is 1. The maximum absolute atomic E-state index is 10.8. The second-order valence-corrected chi connectivity index (χ2v) is 6.82. The summed E-state index contributed by atoms with van der Waals surface area (Å²) in [6.07, 6.45) is 0.845. The van der Waals surface area contributed by atoms with Crippen molar-refractivity contribution in [3.63, 3.8) is 0 Å². The second-order valence-electron chi connectivity index (χ2n) is 6.82. The molecule has 148 valence electrons. The maximum Gasteiger partial charge on any atom is 0.191 e. The molecule has 0 aliphatic heterocycles. The summed E-state index contributed by atoms with van der Waals surface area (Å²) in [5, 5.41) is 17.4. The molecule has 6 heteroatoms. The lowest BCUT2D eigenvalue weighted by Crippen LogP contribution is -2.39. The Balaban J connectivity index is 1.97. The number of rotatable bonds is 8. The third-order valence-corrected chi connectivity index (χ3v) is 4.35. The number of aliphatic imine (C=N–C) groups is 1. The largest absolute Gasteiger partial charge is 0.497 e. The van der Waals surface area contributed by atoms with E-state index in [-0.39, 0.29) is 6.54 Å². The Morgan fingerprint density at radius 2 is 2.04 bits per heavy atom. The minimum absolute atomic E-state index is 0.237. The fraction of sp³-hybridized carbons (Fsp3) is 0.476. The molecule has 2 aromatic rings. The van der Waals surface area contributed by atoms with E-state index in [0.29, 0.717) is 5.96 Å². The van der Waals surface area contributed by atoms with Gasteiger partial charge in [0.15, 0.2) is 5.96 Å². The summed E-state index contributed by atoms with van der Waals surface area (Å²) in [7, 11) is 1.67. The van der Waals surface area contributed by atoms with Gasteiger partial charge in [0.1, 0.15) is 22.9 Å². The van der Waals surface area contributed by atoms with Gasteiger partial charge in [0.25, 0.3) is 0 Å². The highest BCUT2D eigenvalue weighted by atomic mass is 16.5. The molecule has 0 amide bonds. The maximum atomic E-state index is 10.8. The van der Waals surface area contributed by atoms with Crippen LogP contribution in [0, 0.1) is 13.8 Å². The van der Waals surface area contributed by atoms with E-state index < -0.39 is 5.60 Å². The lowest BCUT2D eigenvalue weighted by molar-refractivity contribution is 0.0657. The van der Waals surface area contributed by atoms with Crippen LogP contribution in [0.1, 0.15) is 36.5 Å². The van der Waals surface area contributed by atoms with Crippen molar-refractivity contribution in [1.82, 2.24) is 10.6 Å². The van der Waals surface area contributed by atoms with Gasteiger partial charge in [-0.25, -0.2) is 4.99 Å². The molecule has 0 saturated carbocycles. The first-order valence-corrected chi connectivity index (χ1v) is 9.30. The van der Waals surface area contributed by atoms with Crippen molar-refractivity contribution in [1.29, 1.82) is 0 Å². The summed E-state index contributed by atoms with van der Waals surface area (Å²) in [5.74, 6) is 3.05. The smallest absolute Gasteiger partial charge is 0.191 e. The zero-order valence-electron chi connectivity index (χ0n) is 16.9. The molecule has 1 heterocycles. The number of nitrogens with one attached hydrogen (secondary N) is 2. The van der Waals surface area contributed by atoms with E-state index >= 15 is 0 Å². The number of methoxy groups -OCH3 is 1. The van der Waals surface area contributed by atoms with E-state index in [4.69, 9.17) is 9.15 Å². The highest BCUT2D eigenvalue weighted by Gasteiger charge is 2.27. The summed E-state index contributed by atoms with van der Waals surface area (Å²) >= 11 is 0. The highest BCUT2D eigenvalue weighted by molar-refractivity contribution is 5.79. The standard InChI is InChI=1S/C21H31N3O3/c1-6-22-20(23-11-10-17-8-7-9-18(13-17)26-5)24-14-21(4,25)19-12-15(2)27-16(19)3/h7-9,12-13,25H,6,10-11,14H2,1-5H3,(H2,22,23,24). The van der Waals surface area contributed by atoms with Crippen LogP contribution in [0.4, 0.5) is 0 Å². The van der Waals surface area contributed by atoms with Crippen molar-refractivity contribution in [3.05, 3.63) is 53.0 Å². The first-order chi connectivity index (χ1) is 12.9. The van der Waals surface area contributed by atoms with E-state index in [0.717, 1.165) is 42.3 Å². The van der Waals surface area contributed by atoms with E-state index in [9.17, 15) is 5.11 Å². The molecule has 1 unspecified atom stereocenters. The molecule has 6 nitrogen and oxygen atoms in total. The molecule has 0 radical (unpaired) electrons. The third kappa shape index (κ3) is 6.03. The van der Waals surface area contributed by atoms with Gasteiger partial charge in [0.05, 0.1) is 13.7 Å². The molecule has 0 aliphatic rings. The van der Waals surface area contributed by atoms with Crippen LogP contribution in [-0.2, 0) is 12.0 Å². The van der Waals surface area contributed by atoms with E-state index in [1.165, 1.54) is 5.56 Å². The lowest BCUT2D eigenvalue weighted by atomic mass is 9.96. The molecular formula is C21H31N3O3. The van der Waals surface area contributed by atoms with Crippen molar-refractivity contribution in [3.8, 4) is 5.75 Å². The predicted octanol–water partition coefficient (Wildman–Crippen LogP) is 2.91. The second kappa shape index (κ2) is 9.46. The Kier molecular flexibility index (Phi) is 7.30. The van der Waals surface area contributed by atoms with Gasteiger partial charge in [-0.2, -0.15) is 0 Å². The topological polar surface area (TPSA) is 79.0 Å². The zero-order chi connectivity index (χ0) is 19.9. The average Bonchev–Trinajstić information content (AvgIpc) is 2.99. The Hall–Kier alpha value is -2.47. The molecule has 1 atom stereocenters. The summed E-state index contributed by atoms with van der Waals surface area (Å²) in [4.78, 5) is 4.55. The average molecular weight is 373 g/mol. The molecule has 0 spiro atoms. The van der Waals surface area contributed by atoms with Gasteiger partial charge in [0, 0.05) is 18.7 Å². The molecule has 1 aromatic heterocycles. The summed E-state index contributed by atoms with van der Waals surface area (Å²) in [5.41, 5.74) is 0.877. The molecule has 0 aliphatic carbocycles. The lowest BCUT2D eigenvalue weighted by Gasteiger charge is -2.21. The quantitative estimate of drug-likeness (QED) is 0.490. The van der Waals surface area contributed by atoms with Crippen LogP contribution >= 0.6 is 0 Å². The Morgan fingerprint density at radius 3 is 2.67 bits per heavy atom. The van der Waals surface area contributed by atoms with E-state index in [1.807, 2.05) is 45.0 Å². The van der Waals surface area contributed by atoms with Crippen LogP contribution in [0.2, 0.25) is 0 Å². The van der Waals surface area contributed by atoms with Crippen LogP contribution in [0.15, 0.2) is 39.7 Å². The number of guanidine groups is 1. The van der Waals surface area contributed by atoms with E-state index in [1.54, 1.807) is 14.0 Å². The van der Waals surface area contributed by atoms with Crippen molar-refractivity contribution in [2.45, 2.75) is 39.7 Å². The normalized spacial score (nSPS) is 13.9. The summed E-state index contributed by atoms with van der Waals surface area (Å²) < 4.78 is 10.8. The molecule has 0 bridgehead atoms. The van der Waals surface area contributed by atoms with Crippen LogP contribution in [0.3, 0.4) is 0 Å². The Morgan fingerprint density at radius 1 is 1.26 bits per heavy atom. The van der Waals surface area contributed by atoms with Gasteiger partial charge in [0.2, 0.25) is 0 Å².